The Kier molecular flexibility index (Phi) is 4.69. The molecule has 0 heterocycles. The van der Waals surface area contributed by atoms with Crippen molar-refractivity contribution < 1.29 is 18.7 Å². The molecule has 0 spiro atoms. The molecule has 24 heavy (non-hydrogen) atoms. The standard InChI is InChI=1S/C19H20FNO3/c1-23-16-3-2-4-17(11-16)24-12-18(22)21-13-19(9-10-19)14-5-7-15(20)8-6-14/h2-8,11H,9-10,12-13H2,1H3,(H,21,22). The van der Waals surface area contributed by atoms with Gasteiger partial charge in [0.25, 0.3) is 5.91 Å². The van der Waals surface area contributed by atoms with E-state index in [4.69, 9.17) is 9.47 Å². The Labute approximate surface area is 140 Å². The Morgan fingerprint density at radius 1 is 1.17 bits per heavy atom. The van der Waals surface area contributed by atoms with Crippen molar-refractivity contribution in [3.8, 4) is 11.5 Å². The number of carbonyl (C=O) groups excluding carboxylic acids is 1. The number of ether oxygens (including phenoxy) is 2. The molecule has 2 aromatic carbocycles. The topological polar surface area (TPSA) is 47.6 Å². The van der Waals surface area contributed by atoms with E-state index in [1.807, 2.05) is 6.07 Å². The molecule has 0 aliphatic heterocycles. The summed E-state index contributed by atoms with van der Waals surface area (Å²) in [5, 5.41) is 2.91. The lowest BCUT2D eigenvalue weighted by Crippen LogP contribution is -2.35. The zero-order valence-electron chi connectivity index (χ0n) is 13.5. The molecule has 0 aromatic heterocycles. The molecule has 1 fully saturated rings. The van der Waals surface area contributed by atoms with Crippen molar-refractivity contribution in [2.24, 2.45) is 0 Å². The van der Waals surface area contributed by atoms with Crippen LogP contribution in [0.1, 0.15) is 18.4 Å². The summed E-state index contributed by atoms with van der Waals surface area (Å²) in [7, 11) is 1.58. The van der Waals surface area contributed by atoms with Gasteiger partial charge in [0, 0.05) is 18.0 Å². The predicted molar refractivity (Wildman–Crippen MR) is 88.8 cm³/mol. The van der Waals surface area contributed by atoms with Gasteiger partial charge in [-0.1, -0.05) is 18.2 Å². The summed E-state index contributed by atoms with van der Waals surface area (Å²) >= 11 is 0. The van der Waals surface area contributed by atoms with Gasteiger partial charge < -0.3 is 14.8 Å². The van der Waals surface area contributed by atoms with Crippen molar-refractivity contribution >= 4 is 5.91 Å². The number of methoxy groups -OCH3 is 1. The van der Waals surface area contributed by atoms with Crippen molar-refractivity contribution in [1.29, 1.82) is 0 Å². The molecular formula is C19H20FNO3. The van der Waals surface area contributed by atoms with Gasteiger partial charge in [-0.15, -0.1) is 0 Å². The summed E-state index contributed by atoms with van der Waals surface area (Å²) in [5.41, 5.74) is 1.01. The number of benzene rings is 2. The van der Waals surface area contributed by atoms with Crippen molar-refractivity contribution in [3.05, 3.63) is 59.9 Å². The van der Waals surface area contributed by atoms with Crippen molar-refractivity contribution in [2.75, 3.05) is 20.3 Å². The van der Waals surface area contributed by atoms with Gasteiger partial charge in [0.1, 0.15) is 17.3 Å². The molecule has 2 aromatic rings. The van der Waals surface area contributed by atoms with Crippen molar-refractivity contribution in [3.63, 3.8) is 0 Å². The highest BCUT2D eigenvalue weighted by Crippen LogP contribution is 2.47. The number of hydrogen-bond acceptors (Lipinski definition) is 3. The number of amides is 1. The van der Waals surface area contributed by atoms with E-state index in [2.05, 4.69) is 5.32 Å². The summed E-state index contributed by atoms with van der Waals surface area (Å²) < 4.78 is 23.6. The lowest BCUT2D eigenvalue weighted by molar-refractivity contribution is -0.123. The quantitative estimate of drug-likeness (QED) is 0.849. The van der Waals surface area contributed by atoms with Gasteiger partial charge in [0.05, 0.1) is 7.11 Å². The van der Waals surface area contributed by atoms with Crippen molar-refractivity contribution in [1.82, 2.24) is 5.32 Å². The van der Waals surface area contributed by atoms with Gasteiger partial charge in [-0.25, -0.2) is 4.39 Å². The molecule has 1 aliphatic rings. The summed E-state index contributed by atoms with van der Waals surface area (Å²) in [6.45, 7) is 0.492. The lowest BCUT2D eigenvalue weighted by Gasteiger charge is -2.17. The van der Waals surface area contributed by atoms with E-state index in [9.17, 15) is 9.18 Å². The number of rotatable bonds is 7. The average Bonchev–Trinajstić information content (AvgIpc) is 3.40. The Bertz CT molecular complexity index is 711. The second-order valence-corrected chi connectivity index (χ2v) is 6.03. The van der Waals surface area contributed by atoms with Gasteiger partial charge in [0.2, 0.25) is 0 Å². The third kappa shape index (κ3) is 3.85. The monoisotopic (exact) mass is 329 g/mol. The molecule has 3 rings (SSSR count). The van der Waals surface area contributed by atoms with E-state index < -0.39 is 0 Å². The molecule has 1 saturated carbocycles. The fourth-order valence-electron chi connectivity index (χ4n) is 2.68. The normalized spacial score (nSPS) is 14.8. The van der Waals surface area contributed by atoms with Gasteiger partial charge in [-0.05, 0) is 42.7 Å². The minimum atomic E-state index is -0.245. The van der Waals surface area contributed by atoms with Gasteiger partial charge >= 0.3 is 0 Å². The average molecular weight is 329 g/mol. The molecule has 0 bridgehead atoms. The van der Waals surface area contributed by atoms with E-state index in [1.54, 1.807) is 37.4 Å². The number of hydrogen-bond donors (Lipinski definition) is 1. The van der Waals surface area contributed by atoms with Crippen LogP contribution in [0.4, 0.5) is 4.39 Å². The third-order valence-electron chi connectivity index (χ3n) is 4.35. The molecule has 0 unspecified atom stereocenters. The summed E-state index contributed by atoms with van der Waals surface area (Å²) in [6, 6.07) is 13.6. The summed E-state index contributed by atoms with van der Waals surface area (Å²) in [4.78, 5) is 12.0. The van der Waals surface area contributed by atoms with Crippen LogP contribution >= 0.6 is 0 Å². The highest BCUT2D eigenvalue weighted by molar-refractivity contribution is 5.77. The first-order chi connectivity index (χ1) is 11.6. The second-order valence-electron chi connectivity index (χ2n) is 6.03. The van der Waals surface area contributed by atoms with E-state index in [1.165, 1.54) is 12.1 Å². The highest BCUT2D eigenvalue weighted by Gasteiger charge is 2.44. The first-order valence-electron chi connectivity index (χ1n) is 7.91. The Balaban J connectivity index is 1.49. The lowest BCUT2D eigenvalue weighted by atomic mass is 9.96. The molecule has 1 amide bonds. The van der Waals surface area contributed by atoms with Crippen LogP contribution < -0.4 is 14.8 Å². The molecule has 0 radical (unpaired) electrons. The summed E-state index contributed by atoms with van der Waals surface area (Å²) in [6.07, 6.45) is 1.99. The molecule has 4 nitrogen and oxygen atoms in total. The fourth-order valence-corrected chi connectivity index (χ4v) is 2.68. The van der Waals surface area contributed by atoms with E-state index in [0.29, 0.717) is 18.0 Å². The first-order valence-corrected chi connectivity index (χ1v) is 7.91. The van der Waals surface area contributed by atoms with E-state index in [0.717, 1.165) is 18.4 Å². The Hall–Kier alpha value is -2.56. The molecule has 5 heteroatoms. The molecule has 126 valence electrons. The maximum absolute atomic E-state index is 13.0. The van der Waals surface area contributed by atoms with Crippen LogP contribution in [0.2, 0.25) is 0 Å². The molecule has 1 N–H and O–H groups in total. The SMILES string of the molecule is COc1cccc(OCC(=O)NCC2(c3ccc(F)cc3)CC2)c1. The first kappa shape index (κ1) is 16.3. The maximum Gasteiger partial charge on any atom is 0.257 e. The minimum absolute atomic E-state index is 0.0489. The zero-order chi connectivity index (χ0) is 17.0. The Morgan fingerprint density at radius 2 is 1.88 bits per heavy atom. The second kappa shape index (κ2) is 6.91. The van der Waals surface area contributed by atoms with Crippen LogP contribution in [0, 0.1) is 5.82 Å². The largest absolute Gasteiger partial charge is 0.497 e. The van der Waals surface area contributed by atoms with Crippen LogP contribution in [0.5, 0.6) is 11.5 Å². The van der Waals surface area contributed by atoms with Gasteiger partial charge in [-0.2, -0.15) is 0 Å². The third-order valence-corrected chi connectivity index (χ3v) is 4.35. The van der Waals surface area contributed by atoms with Gasteiger partial charge in [0.15, 0.2) is 6.61 Å². The number of nitrogens with one attached hydrogen (secondary N) is 1. The Morgan fingerprint density at radius 3 is 2.54 bits per heavy atom. The molecule has 1 aliphatic carbocycles. The maximum atomic E-state index is 13.0. The van der Waals surface area contributed by atoms with Crippen LogP contribution in [0.3, 0.4) is 0 Å². The van der Waals surface area contributed by atoms with E-state index >= 15 is 0 Å². The fraction of sp³-hybridized carbons (Fsp3) is 0.316. The minimum Gasteiger partial charge on any atom is -0.497 e. The summed E-state index contributed by atoms with van der Waals surface area (Å²) in [5.74, 6) is 0.849. The van der Waals surface area contributed by atoms with E-state index in [-0.39, 0.29) is 23.7 Å². The molecule has 0 saturated heterocycles. The molecular weight excluding hydrogens is 309 g/mol. The number of carbonyl (C=O) groups is 1. The van der Waals surface area contributed by atoms with Gasteiger partial charge in [-0.3, -0.25) is 4.79 Å². The van der Waals surface area contributed by atoms with Crippen LogP contribution in [-0.2, 0) is 10.2 Å². The molecule has 0 atom stereocenters. The zero-order valence-corrected chi connectivity index (χ0v) is 13.5. The smallest absolute Gasteiger partial charge is 0.257 e. The van der Waals surface area contributed by atoms with Crippen LogP contribution in [-0.4, -0.2) is 26.2 Å². The van der Waals surface area contributed by atoms with Crippen molar-refractivity contribution in [2.45, 2.75) is 18.3 Å². The van der Waals surface area contributed by atoms with Crippen LogP contribution in [0.25, 0.3) is 0 Å². The number of halogens is 1. The van der Waals surface area contributed by atoms with Crippen LogP contribution in [0.15, 0.2) is 48.5 Å². The highest BCUT2D eigenvalue weighted by atomic mass is 19.1. The predicted octanol–water partition coefficient (Wildman–Crippen LogP) is 3.06.